The van der Waals surface area contributed by atoms with E-state index >= 15 is 0 Å². The molecule has 0 bridgehead atoms. The number of rotatable bonds is 3. The molecule has 144 valence electrons. The van der Waals surface area contributed by atoms with Gasteiger partial charge < -0.3 is 10.1 Å². The smallest absolute Gasteiger partial charge is 0.253 e. The van der Waals surface area contributed by atoms with Crippen molar-refractivity contribution in [2.45, 2.75) is 13.3 Å². The van der Waals surface area contributed by atoms with Crippen LogP contribution in [0.2, 0.25) is 0 Å². The Labute approximate surface area is 168 Å². The summed E-state index contributed by atoms with van der Waals surface area (Å²) in [5.41, 5.74) is 5.83. The first-order valence-electron chi connectivity index (χ1n) is 9.57. The summed E-state index contributed by atoms with van der Waals surface area (Å²) < 4.78 is 7.17. The van der Waals surface area contributed by atoms with Crippen molar-refractivity contribution in [1.29, 1.82) is 0 Å². The van der Waals surface area contributed by atoms with Crippen molar-refractivity contribution in [2.75, 3.05) is 13.7 Å². The van der Waals surface area contributed by atoms with Crippen molar-refractivity contribution in [2.24, 2.45) is 0 Å². The Bertz CT molecular complexity index is 1230. The number of aryl methyl sites for hydroxylation is 1. The Morgan fingerprint density at radius 3 is 2.52 bits per heavy atom. The monoisotopic (exact) mass is 384 g/mol. The summed E-state index contributed by atoms with van der Waals surface area (Å²) in [6.45, 7) is 2.55. The van der Waals surface area contributed by atoms with Crippen LogP contribution < -0.4 is 10.1 Å². The molecule has 0 fully saturated rings. The van der Waals surface area contributed by atoms with Gasteiger partial charge in [0, 0.05) is 18.5 Å². The molecule has 6 heteroatoms. The minimum Gasteiger partial charge on any atom is -0.497 e. The van der Waals surface area contributed by atoms with Crippen LogP contribution in [0.5, 0.6) is 5.75 Å². The molecule has 3 heterocycles. The SMILES string of the molecule is COc1ccc(-c2c3c(nc4c2c(C)nn4-c2ccccc2)CCNC3=O)cc1. The second-order valence-corrected chi connectivity index (χ2v) is 7.07. The lowest BCUT2D eigenvalue weighted by Crippen LogP contribution is -2.33. The molecule has 0 atom stereocenters. The normalized spacial score (nSPS) is 13.2. The molecule has 4 aromatic rings. The van der Waals surface area contributed by atoms with Crippen molar-refractivity contribution in [3.05, 3.63) is 71.5 Å². The third-order valence-corrected chi connectivity index (χ3v) is 5.32. The fourth-order valence-electron chi connectivity index (χ4n) is 3.97. The second kappa shape index (κ2) is 6.74. The zero-order valence-corrected chi connectivity index (χ0v) is 16.3. The quantitative estimate of drug-likeness (QED) is 0.585. The van der Waals surface area contributed by atoms with Gasteiger partial charge in [0.15, 0.2) is 5.65 Å². The third kappa shape index (κ3) is 2.76. The molecule has 0 aliphatic carbocycles. The molecular weight excluding hydrogens is 364 g/mol. The summed E-state index contributed by atoms with van der Waals surface area (Å²) in [5, 5.41) is 8.63. The van der Waals surface area contributed by atoms with Crippen molar-refractivity contribution >= 4 is 16.9 Å². The molecule has 1 aliphatic heterocycles. The highest BCUT2D eigenvalue weighted by molar-refractivity contribution is 6.10. The summed E-state index contributed by atoms with van der Waals surface area (Å²) in [6.07, 6.45) is 0.694. The number of hydrogen-bond acceptors (Lipinski definition) is 4. The first kappa shape index (κ1) is 17.4. The summed E-state index contributed by atoms with van der Waals surface area (Å²) in [7, 11) is 1.64. The zero-order valence-electron chi connectivity index (χ0n) is 16.3. The molecule has 0 radical (unpaired) electrons. The van der Waals surface area contributed by atoms with Gasteiger partial charge in [-0.3, -0.25) is 4.79 Å². The molecule has 1 aliphatic rings. The largest absolute Gasteiger partial charge is 0.497 e. The number of ether oxygens (including phenoxy) is 1. The molecule has 2 aromatic heterocycles. The van der Waals surface area contributed by atoms with Gasteiger partial charge in [-0.05, 0) is 36.8 Å². The Morgan fingerprint density at radius 2 is 1.79 bits per heavy atom. The topological polar surface area (TPSA) is 69.0 Å². The van der Waals surface area contributed by atoms with Crippen LogP contribution in [0.1, 0.15) is 21.7 Å². The first-order chi connectivity index (χ1) is 14.2. The zero-order chi connectivity index (χ0) is 20.0. The lowest BCUT2D eigenvalue weighted by molar-refractivity contribution is 0.0946. The van der Waals surface area contributed by atoms with Crippen LogP contribution in [0, 0.1) is 6.92 Å². The van der Waals surface area contributed by atoms with Crippen LogP contribution in [0.3, 0.4) is 0 Å². The third-order valence-electron chi connectivity index (χ3n) is 5.32. The van der Waals surface area contributed by atoms with Gasteiger partial charge in [-0.15, -0.1) is 0 Å². The number of benzene rings is 2. The van der Waals surface area contributed by atoms with Crippen LogP contribution >= 0.6 is 0 Å². The fraction of sp³-hybridized carbons (Fsp3) is 0.174. The van der Waals surface area contributed by atoms with E-state index in [1.165, 1.54) is 0 Å². The number of nitrogens with one attached hydrogen (secondary N) is 1. The number of amides is 1. The number of hydrogen-bond donors (Lipinski definition) is 1. The molecule has 0 unspecified atom stereocenters. The lowest BCUT2D eigenvalue weighted by Gasteiger charge is -2.20. The molecule has 0 spiro atoms. The van der Waals surface area contributed by atoms with Crippen molar-refractivity contribution in [3.8, 4) is 22.6 Å². The Kier molecular flexibility index (Phi) is 4.05. The molecule has 5 rings (SSSR count). The summed E-state index contributed by atoms with van der Waals surface area (Å²) >= 11 is 0. The molecule has 0 saturated heterocycles. The van der Waals surface area contributed by atoms with Gasteiger partial charge >= 0.3 is 0 Å². The number of methoxy groups -OCH3 is 1. The van der Waals surface area contributed by atoms with Crippen LogP contribution in [0.4, 0.5) is 0 Å². The van der Waals surface area contributed by atoms with Crippen molar-refractivity contribution in [1.82, 2.24) is 20.1 Å². The number of fused-ring (bicyclic) bond motifs is 2. The Morgan fingerprint density at radius 1 is 1.03 bits per heavy atom. The van der Waals surface area contributed by atoms with Gasteiger partial charge in [0.2, 0.25) is 0 Å². The molecule has 6 nitrogen and oxygen atoms in total. The summed E-state index contributed by atoms with van der Waals surface area (Å²) in [5.74, 6) is 0.687. The van der Waals surface area contributed by atoms with E-state index in [0.717, 1.165) is 45.0 Å². The maximum Gasteiger partial charge on any atom is 0.253 e. The summed E-state index contributed by atoms with van der Waals surface area (Å²) in [4.78, 5) is 17.7. The predicted molar refractivity (Wildman–Crippen MR) is 112 cm³/mol. The molecular formula is C23H20N4O2. The highest BCUT2D eigenvalue weighted by Gasteiger charge is 2.28. The van der Waals surface area contributed by atoms with E-state index < -0.39 is 0 Å². The second-order valence-electron chi connectivity index (χ2n) is 7.07. The minimum absolute atomic E-state index is 0.0849. The number of carbonyl (C=O) groups is 1. The van der Waals surface area contributed by atoms with Crippen LogP contribution in [0.25, 0.3) is 27.8 Å². The van der Waals surface area contributed by atoms with E-state index in [1.807, 2.05) is 66.2 Å². The molecule has 1 amide bonds. The van der Waals surface area contributed by atoms with Gasteiger partial charge in [-0.2, -0.15) is 5.10 Å². The van der Waals surface area contributed by atoms with E-state index in [2.05, 4.69) is 5.32 Å². The van der Waals surface area contributed by atoms with E-state index in [9.17, 15) is 4.79 Å². The maximum atomic E-state index is 12.8. The minimum atomic E-state index is -0.0849. The number of carbonyl (C=O) groups excluding carboxylic acids is 1. The average Bonchev–Trinajstić information content (AvgIpc) is 3.09. The number of para-hydroxylation sites is 1. The number of aromatic nitrogens is 3. The Balaban J connectivity index is 1.87. The predicted octanol–water partition coefficient (Wildman–Crippen LogP) is 3.69. The fourth-order valence-corrected chi connectivity index (χ4v) is 3.97. The van der Waals surface area contributed by atoms with Gasteiger partial charge in [-0.25, -0.2) is 9.67 Å². The first-order valence-corrected chi connectivity index (χ1v) is 9.57. The lowest BCUT2D eigenvalue weighted by atomic mass is 9.92. The Hall–Kier alpha value is -3.67. The van der Waals surface area contributed by atoms with Crippen LogP contribution in [-0.2, 0) is 6.42 Å². The van der Waals surface area contributed by atoms with Crippen LogP contribution in [-0.4, -0.2) is 34.3 Å². The van der Waals surface area contributed by atoms with Crippen molar-refractivity contribution < 1.29 is 9.53 Å². The highest BCUT2D eigenvalue weighted by atomic mass is 16.5. The van der Waals surface area contributed by atoms with Gasteiger partial charge in [0.05, 0.1) is 35.1 Å². The van der Waals surface area contributed by atoms with E-state index in [0.29, 0.717) is 18.5 Å². The van der Waals surface area contributed by atoms with E-state index in [1.54, 1.807) is 7.11 Å². The van der Waals surface area contributed by atoms with Crippen LogP contribution in [0.15, 0.2) is 54.6 Å². The van der Waals surface area contributed by atoms with E-state index in [-0.39, 0.29) is 5.91 Å². The molecule has 29 heavy (non-hydrogen) atoms. The van der Waals surface area contributed by atoms with E-state index in [4.69, 9.17) is 14.8 Å². The average molecular weight is 384 g/mol. The van der Waals surface area contributed by atoms with Gasteiger partial charge in [0.1, 0.15) is 5.75 Å². The molecule has 1 N–H and O–H groups in total. The van der Waals surface area contributed by atoms with Gasteiger partial charge in [0.25, 0.3) is 5.91 Å². The van der Waals surface area contributed by atoms with Gasteiger partial charge in [-0.1, -0.05) is 30.3 Å². The molecule has 0 saturated carbocycles. The van der Waals surface area contributed by atoms with Crippen molar-refractivity contribution in [3.63, 3.8) is 0 Å². The standard InChI is InChI=1S/C23H20N4O2/c1-14-19-20(15-8-10-17(29-2)11-9-15)21-18(12-13-24-23(21)28)25-22(19)27(26-14)16-6-4-3-5-7-16/h3-11H,12-13H2,1-2H3,(H,24,28). The number of nitrogens with zero attached hydrogens (tertiary/aromatic N) is 3. The highest BCUT2D eigenvalue weighted by Crippen LogP contribution is 2.37. The number of pyridine rings is 1. The summed E-state index contributed by atoms with van der Waals surface area (Å²) in [6, 6.07) is 17.7. The molecule has 2 aromatic carbocycles. The maximum absolute atomic E-state index is 12.8.